The summed E-state index contributed by atoms with van der Waals surface area (Å²) in [5.41, 5.74) is 4.82. The van der Waals surface area contributed by atoms with Gasteiger partial charge >= 0.3 is 6.18 Å². The number of thiazole rings is 1. The van der Waals surface area contributed by atoms with E-state index in [1.54, 1.807) is 0 Å². The van der Waals surface area contributed by atoms with Crippen molar-refractivity contribution in [3.8, 4) is 0 Å². The lowest BCUT2D eigenvalue weighted by Gasteiger charge is -2.35. The fourth-order valence-corrected chi connectivity index (χ4v) is 3.69. The fraction of sp³-hybridized carbons (Fsp3) is 0.444. The van der Waals surface area contributed by atoms with Crippen LogP contribution in [0, 0.1) is 6.92 Å². The van der Waals surface area contributed by atoms with E-state index in [-0.39, 0.29) is 24.8 Å². The molecule has 0 aliphatic carbocycles. The number of alkyl halides is 3. The number of aryl methyl sites for hydroxylation is 1. The Labute approximate surface area is 175 Å². The standard InChI is InChI=1S/C18H21F3N6O2S/c1-12-11-30-17(23-12)8-15(28)24-25-16(29)10-26-4-6-27(7-5-26)14-3-2-13(9-22-14)18(19,20)21/h2-3,9,11H,4-8,10H2,1H3,(H,24,28)(H,25,29). The number of nitrogens with one attached hydrogen (secondary N) is 2. The van der Waals surface area contributed by atoms with Crippen molar-refractivity contribution in [3.63, 3.8) is 0 Å². The van der Waals surface area contributed by atoms with Crippen LogP contribution in [0.2, 0.25) is 0 Å². The molecule has 1 saturated heterocycles. The molecule has 8 nitrogen and oxygen atoms in total. The number of hydrazine groups is 1. The van der Waals surface area contributed by atoms with E-state index < -0.39 is 11.7 Å². The van der Waals surface area contributed by atoms with Crippen molar-refractivity contribution in [2.24, 2.45) is 0 Å². The van der Waals surface area contributed by atoms with E-state index in [9.17, 15) is 22.8 Å². The summed E-state index contributed by atoms with van der Waals surface area (Å²) in [6, 6.07) is 2.36. The van der Waals surface area contributed by atoms with Crippen LogP contribution in [-0.4, -0.2) is 59.4 Å². The first kappa shape index (κ1) is 22.0. The van der Waals surface area contributed by atoms with Gasteiger partial charge in [-0.05, 0) is 19.1 Å². The Morgan fingerprint density at radius 2 is 1.83 bits per heavy atom. The van der Waals surface area contributed by atoms with Crippen LogP contribution >= 0.6 is 11.3 Å². The number of carbonyl (C=O) groups excluding carboxylic acids is 2. The lowest BCUT2D eigenvalue weighted by atomic mass is 10.2. The summed E-state index contributed by atoms with van der Waals surface area (Å²) in [6.07, 6.45) is -3.49. The first-order chi connectivity index (χ1) is 14.2. The number of halogens is 3. The van der Waals surface area contributed by atoms with E-state index in [1.165, 1.54) is 17.4 Å². The van der Waals surface area contributed by atoms with Crippen molar-refractivity contribution in [2.45, 2.75) is 19.5 Å². The number of aromatic nitrogens is 2. The molecule has 2 aromatic rings. The van der Waals surface area contributed by atoms with Gasteiger partial charge in [-0.15, -0.1) is 11.3 Å². The Morgan fingerprint density at radius 1 is 1.13 bits per heavy atom. The Morgan fingerprint density at radius 3 is 2.40 bits per heavy atom. The molecule has 0 bridgehead atoms. The Hall–Kier alpha value is -2.73. The Bertz CT molecular complexity index is 879. The molecule has 1 fully saturated rings. The molecular weight excluding hydrogens is 421 g/mol. The number of amides is 2. The fourth-order valence-electron chi connectivity index (χ4n) is 2.92. The highest BCUT2D eigenvalue weighted by Gasteiger charge is 2.31. The first-order valence-corrected chi connectivity index (χ1v) is 10.1. The number of anilines is 1. The van der Waals surface area contributed by atoms with Crippen molar-refractivity contribution in [1.82, 2.24) is 25.7 Å². The van der Waals surface area contributed by atoms with Crippen LogP contribution in [0.25, 0.3) is 0 Å². The molecule has 0 atom stereocenters. The maximum Gasteiger partial charge on any atom is 0.417 e. The second-order valence-corrected chi connectivity index (χ2v) is 7.76. The highest BCUT2D eigenvalue weighted by Crippen LogP contribution is 2.29. The summed E-state index contributed by atoms with van der Waals surface area (Å²) in [4.78, 5) is 35.7. The van der Waals surface area contributed by atoms with Gasteiger partial charge in [-0.2, -0.15) is 13.2 Å². The zero-order valence-corrected chi connectivity index (χ0v) is 17.0. The number of pyridine rings is 1. The van der Waals surface area contributed by atoms with E-state index in [1.807, 2.05) is 22.1 Å². The van der Waals surface area contributed by atoms with Gasteiger partial charge in [0.1, 0.15) is 10.8 Å². The van der Waals surface area contributed by atoms with E-state index in [0.717, 1.165) is 18.0 Å². The van der Waals surface area contributed by atoms with Gasteiger partial charge in [0.2, 0.25) is 5.91 Å². The summed E-state index contributed by atoms with van der Waals surface area (Å²) < 4.78 is 37.9. The number of nitrogens with zero attached hydrogens (tertiary/aromatic N) is 4. The van der Waals surface area contributed by atoms with Gasteiger partial charge < -0.3 is 4.90 Å². The molecule has 1 aliphatic heterocycles. The van der Waals surface area contributed by atoms with Crippen LogP contribution in [0.3, 0.4) is 0 Å². The molecule has 30 heavy (non-hydrogen) atoms. The quantitative estimate of drug-likeness (QED) is 0.680. The zero-order valence-electron chi connectivity index (χ0n) is 16.2. The zero-order chi connectivity index (χ0) is 21.7. The minimum atomic E-state index is -4.41. The number of hydrogen-bond acceptors (Lipinski definition) is 7. The van der Waals surface area contributed by atoms with Crippen LogP contribution in [-0.2, 0) is 22.2 Å². The van der Waals surface area contributed by atoms with E-state index in [4.69, 9.17) is 0 Å². The van der Waals surface area contributed by atoms with Crippen LogP contribution in [0.5, 0.6) is 0 Å². The summed E-state index contributed by atoms with van der Waals surface area (Å²) in [6.45, 7) is 4.09. The Balaban J connectivity index is 1.38. The number of hydrogen-bond donors (Lipinski definition) is 2. The topological polar surface area (TPSA) is 90.5 Å². The number of carbonyl (C=O) groups is 2. The predicted octanol–water partition coefficient (Wildman–Crippen LogP) is 1.38. The average Bonchev–Trinajstić information content (AvgIpc) is 3.11. The minimum Gasteiger partial charge on any atom is -0.354 e. The highest BCUT2D eigenvalue weighted by molar-refractivity contribution is 7.09. The largest absolute Gasteiger partial charge is 0.417 e. The van der Waals surface area contributed by atoms with Gasteiger partial charge in [-0.25, -0.2) is 9.97 Å². The molecule has 162 valence electrons. The molecule has 2 aromatic heterocycles. The maximum absolute atomic E-state index is 12.6. The molecule has 0 spiro atoms. The first-order valence-electron chi connectivity index (χ1n) is 9.20. The van der Waals surface area contributed by atoms with Crippen LogP contribution in [0.1, 0.15) is 16.3 Å². The van der Waals surface area contributed by atoms with Crippen LogP contribution in [0.4, 0.5) is 19.0 Å². The molecule has 2 N–H and O–H groups in total. The summed E-state index contributed by atoms with van der Waals surface area (Å²) >= 11 is 1.38. The highest BCUT2D eigenvalue weighted by atomic mass is 32.1. The molecule has 2 amide bonds. The number of piperazine rings is 1. The molecule has 0 saturated carbocycles. The summed E-state index contributed by atoms with van der Waals surface area (Å²) in [5, 5.41) is 2.52. The van der Waals surface area contributed by atoms with Crippen LogP contribution < -0.4 is 15.8 Å². The van der Waals surface area contributed by atoms with Crippen molar-refractivity contribution >= 4 is 29.0 Å². The van der Waals surface area contributed by atoms with Gasteiger partial charge in [0, 0.05) is 43.4 Å². The maximum atomic E-state index is 12.6. The van der Waals surface area contributed by atoms with Crippen molar-refractivity contribution < 1.29 is 22.8 Å². The van der Waals surface area contributed by atoms with Crippen LogP contribution in [0.15, 0.2) is 23.7 Å². The molecular formula is C18H21F3N6O2S. The van der Waals surface area contributed by atoms with E-state index in [2.05, 4.69) is 20.8 Å². The second kappa shape index (κ2) is 9.39. The smallest absolute Gasteiger partial charge is 0.354 e. The number of rotatable bonds is 5. The Kier molecular flexibility index (Phi) is 6.87. The monoisotopic (exact) mass is 442 g/mol. The third-order valence-electron chi connectivity index (χ3n) is 4.46. The third-order valence-corrected chi connectivity index (χ3v) is 5.43. The second-order valence-electron chi connectivity index (χ2n) is 6.82. The van der Waals surface area contributed by atoms with Gasteiger partial charge in [0.15, 0.2) is 0 Å². The molecule has 0 unspecified atom stereocenters. The van der Waals surface area contributed by atoms with Crippen molar-refractivity contribution in [3.05, 3.63) is 40.0 Å². The summed E-state index contributed by atoms with van der Waals surface area (Å²) in [7, 11) is 0. The molecule has 3 heterocycles. The van der Waals surface area contributed by atoms with E-state index in [0.29, 0.717) is 37.0 Å². The van der Waals surface area contributed by atoms with Gasteiger partial charge in [0.05, 0.1) is 18.5 Å². The SMILES string of the molecule is Cc1csc(CC(=O)NNC(=O)CN2CCN(c3ccc(C(F)(F)F)cn3)CC2)n1. The van der Waals surface area contributed by atoms with Crippen molar-refractivity contribution in [1.29, 1.82) is 0 Å². The molecule has 3 rings (SSSR count). The van der Waals surface area contributed by atoms with Gasteiger partial charge in [-0.1, -0.05) is 0 Å². The lowest BCUT2D eigenvalue weighted by molar-refractivity contribution is -0.137. The molecule has 1 aliphatic rings. The van der Waals surface area contributed by atoms with Gasteiger partial charge in [0.25, 0.3) is 5.91 Å². The average molecular weight is 442 g/mol. The molecule has 0 aromatic carbocycles. The van der Waals surface area contributed by atoms with Gasteiger partial charge in [-0.3, -0.25) is 25.3 Å². The molecule has 0 radical (unpaired) electrons. The summed E-state index contributed by atoms with van der Waals surface area (Å²) in [5.74, 6) is -0.229. The normalized spacial score (nSPS) is 15.1. The molecule has 12 heteroatoms. The van der Waals surface area contributed by atoms with Crippen molar-refractivity contribution in [2.75, 3.05) is 37.6 Å². The van der Waals surface area contributed by atoms with E-state index >= 15 is 0 Å². The minimum absolute atomic E-state index is 0.0948. The lowest BCUT2D eigenvalue weighted by Crippen LogP contribution is -2.52. The predicted molar refractivity (Wildman–Crippen MR) is 105 cm³/mol. The third kappa shape index (κ3) is 6.13.